The summed E-state index contributed by atoms with van der Waals surface area (Å²) in [5, 5.41) is 2.17. The number of nitrogens with one attached hydrogen (secondary N) is 1. The van der Waals surface area contributed by atoms with E-state index in [9.17, 15) is 17.6 Å². The summed E-state index contributed by atoms with van der Waals surface area (Å²) in [7, 11) is 1.03. The molecule has 2 rings (SSSR count). The third-order valence-electron chi connectivity index (χ3n) is 3.10. The molecular formula is C12H12Cl2FNO4S. The van der Waals surface area contributed by atoms with E-state index in [0.717, 1.165) is 18.6 Å². The molecule has 1 aliphatic heterocycles. The Morgan fingerprint density at radius 1 is 1.48 bits per heavy atom. The van der Waals surface area contributed by atoms with Crippen LogP contribution in [0.2, 0.25) is 5.02 Å². The molecule has 1 fully saturated rings. The molecule has 0 bridgehead atoms. The Morgan fingerprint density at radius 3 is 2.76 bits per heavy atom. The van der Waals surface area contributed by atoms with E-state index in [-0.39, 0.29) is 10.9 Å². The molecule has 1 aromatic carbocycles. The maximum atomic E-state index is 13.8. The Bertz CT molecular complexity index is 659. The number of carbonyl (C=O) groups excluding carboxylic acids is 1. The summed E-state index contributed by atoms with van der Waals surface area (Å²) in [5.41, 5.74) is -0.419. The molecule has 1 aromatic rings. The van der Waals surface area contributed by atoms with Crippen LogP contribution >= 0.6 is 22.3 Å². The van der Waals surface area contributed by atoms with Crippen molar-refractivity contribution in [1.82, 2.24) is 5.32 Å². The van der Waals surface area contributed by atoms with Gasteiger partial charge in [-0.1, -0.05) is 11.6 Å². The Labute approximate surface area is 130 Å². The van der Waals surface area contributed by atoms with E-state index in [1.807, 2.05) is 0 Å². The third-order valence-corrected chi connectivity index (χ3v) is 4.89. The van der Waals surface area contributed by atoms with Gasteiger partial charge < -0.3 is 10.1 Å². The normalized spacial score (nSPS) is 18.7. The number of halogens is 3. The molecule has 0 saturated carbocycles. The Morgan fingerprint density at radius 2 is 2.19 bits per heavy atom. The minimum absolute atomic E-state index is 0.167. The number of carbonyl (C=O) groups is 1. The van der Waals surface area contributed by atoms with Crippen molar-refractivity contribution in [3.8, 4) is 0 Å². The van der Waals surface area contributed by atoms with Gasteiger partial charge in [0.25, 0.3) is 15.0 Å². The van der Waals surface area contributed by atoms with Crippen molar-refractivity contribution >= 4 is 37.2 Å². The molecule has 21 heavy (non-hydrogen) atoms. The van der Waals surface area contributed by atoms with Gasteiger partial charge in [-0.3, -0.25) is 4.79 Å². The van der Waals surface area contributed by atoms with Gasteiger partial charge in [0.05, 0.1) is 17.2 Å². The molecular weight excluding hydrogens is 344 g/mol. The van der Waals surface area contributed by atoms with Crippen LogP contribution in [-0.4, -0.2) is 34.1 Å². The highest BCUT2D eigenvalue weighted by Crippen LogP contribution is 2.27. The number of benzene rings is 1. The van der Waals surface area contributed by atoms with Crippen molar-refractivity contribution in [1.29, 1.82) is 0 Å². The molecule has 9 heteroatoms. The summed E-state index contributed by atoms with van der Waals surface area (Å²) >= 11 is 5.62. The summed E-state index contributed by atoms with van der Waals surface area (Å²) in [6.07, 6.45) is 0.810. The first-order valence-corrected chi connectivity index (χ1v) is 8.77. The lowest BCUT2D eigenvalue weighted by Gasteiger charge is -2.11. The van der Waals surface area contributed by atoms with Gasteiger partial charge in [0.1, 0.15) is 10.7 Å². The maximum Gasteiger partial charge on any atom is 0.262 e. The molecule has 0 aromatic heterocycles. The highest BCUT2D eigenvalue weighted by Gasteiger charge is 2.23. The lowest BCUT2D eigenvalue weighted by atomic mass is 10.1. The summed E-state index contributed by atoms with van der Waals surface area (Å²) in [4.78, 5) is 11.4. The predicted molar refractivity (Wildman–Crippen MR) is 75.7 cm³/mol. The van der Waals surface area contributed by atoms with Crippen molar-refractivity contribution in [3.63, 3.8) is 0 Å². The summed E-state index contributed by atoms with van der Waals surface area (Å²) in [6.45, 7) is 1.49. The van der Waals surface area contributed by atoms with Gasteiger partial charge in [0.2, 0.25) is 0 Å². The molecule has 0 aliphatic carbocycles. The summed E-state index contributed by atoms with van der Waals surface area (Å²) < 4.78 is 41.6. The lowest BCUT2D eigenvalue weighted by Crippen LogP contribution is -2.30. The molecule has 116 valence electrons. The fourth-order valence-corrected chi connectivity index (χ4v) is 3.47. The first kappa shape index (κ1) is 16.5. The van der Waals surface area contributed by atoms with Crippen LogP contribution < -0.4 is 5.32 Å². The fourth-order valence-electron chi connectivity index (χ4n) is 1.97. The van der Waals surface area contributed by atoms with E-state index < -0.39 is 31.2 Å². The number of amides is 1. The predicted octanol–water partition coefficient (Wildman–Crippen LogP) is 2.17. The van der Waals surface area contributed by atoms with Gasteiger partial charge in [0, 0.05) is 29.8 Å². The topological polar surface area (TPSA) is 72.5 Å². The van der Waals surface area contributed by atoms with Crippen LogP contribution in [0.4, 0.5) is 4.39 Å². The van der Waals surface area contributed by atoms with E-state index in [2.05, 4.69) is 5.32 Å². The zero-order valence-corrected chi connectivity index (χ0v) is 13.1. The van der Waals surface area contributed by atoms with Crippen LogP contribution in [0.3, 0.4) is 0 Å². The first-order valence-electron chi connectivity index (χ1n) is 6.08. The minimum Gasteiger partial charge on any atom is -0.381 e. The molecule has 0 radical (unpaired) electrons. The average molecular weight is 356 g/mol. The number of ether oxygens (including phenoxy) is 1. The summed E-state index contributed by atoms with van der Waals surface area (Å²) in [5.74, 6) is -1.47. The number of rotatable bonds is 4. The van der Waals surface area contributed by atoms with Crippen LogP contribution in [0.25, 0.3) is 0 Å². The Hall–Kier alpha value is -0.890. The quantitative estimate of drug-likeness (QED) is 0.840. The average Bonchev–Trinajstić information content (AvgIpc) is 2.87. The van der Waals surface area contributed by atoms with Crippen molar-refractivity contribution in [2.75, 3.05) is 19.8 Å². The standard InChI is InChI=1S/C12H12Cl2FNO4S/c13-9-4-10(15)8(3-11(9)21(14,18)19)12(17)16-5-7-1-2-20-6-7/h3-4,7H,1-2,5-6H2,(H,16,17). The first-order chi connectivity index (χ1) is 9.79. The van der Waals surface area contributed by atoms with E-state index in [4.69, 9.17) is 27.0 Å². The number of hydrogen-bond acceptors (Lipinski definition) is 4. The van der Waals surface area contributed by atoms with Gasteiger partial charge in [0.15, 0.2) is 0 Å². The Balaban J connectivity index is 2.20. The fraction of sp³-hybridized carbons (Fsp3) is 0.417. The van der Waals surface area contributed by atoms with Crippen molar-refractivity contribution < 1.29 is 22.3 Å². The Kier molecular flexibility index (Phi) is 5.08. The van der Waals surface area contributed by atoms with E-state index in [1.54, 1.807) is 0 Å². The highest BCUT2D eigenvalue weighted by molar-refractivity contribution is 8.13. The lowest BCUT2D eigenvalue weighted by molar-refractivity contribution is 0.0940. The molecule has 1 N–H and O–H groups in total. The smallest absolute Gasteiger partial charge is 0.262 e. The van der Waals surface area contributed by atoms with Crippen molar-refractivity contribution in [2.45, 2.75) is 11.3 Å². The SMILES string of the molecule is O=C(NCC1CCOC1)c1cc(S(=O)(=O)Cl)c(Cl)cc1F. The molecule has 1 atom stereocenters. The van der Waals surface area contributed by atoms with Crippen LogP contribution in [-0.2, 0) is 13.8 Å². The van der Waals surface area contributed by atoms with E-state index in [0.29, 0.717) is 19.8 Å². The van der Waals surface area contributed by atoms with Crippen LogP contribution in [0.15, 0.2) is 17.0 Å². The molecule has 1 saturated heterocycles. The third kappa shape index (κ3) is 4.06. The van der Waals surface area contributed by atoms with Crippen molar-refractivity contribution in [2.24, 2.45) is 5.92 Å². The van der Waals surface area contributed by atoms with Crippen LogP contribution in [0.5, 0.6) is 0 Å². The molecule has 1 amide bonds. The monoisotopic (exact) mass is 355 g/mol. The van der Waals surface area contributed by atoms with E-state index in [1.165, 1.54) is 0 Å². The van der Waals surface area contributed by atoms with E-state index >= 15 is 0 Å². The molecule has 1 aliphatic rings. The maximum absolute atomic E-state index is 13.8. The molecule has 5 nitrogen and oxygen atoms in total. The second kappa shape index (κ2) is 6.48. The van der Waals surface area contributed by atoms with Gasteiger partial charge in [-0.25, -0.2) is 12.8 Å². The van der Waals surface area contributed by atoms with Crippen molar-refractivity contribution in [3.05, 3.63) is 28.5 Å². The largest absolute Gasteiger partial charge is 0.381 e. The van der Waals surface area contributed by atoms with Gasteiger partial charge in [-0.15, -0.1) is 0 Å². The zero-order valence-electron chi connectivity index (χ0n) is 10.7. The molecule has 1 heterocycles. The second-order valence-electron chi connectivity index (χ2n) is 4.64. The highest BCUT2D eigenvalue weighted by atomic mass is 35.7. The minimum atomic E-state index is -4.16. The number of hydrogen-bond donors (Lipinski definition) is 1. The summed E-state index contributed by atoms with van der Waals surface area (Å²) in [6, 6.07) is 1.59. The van der Waals surface area contributed by atoms with Crippen LogP contribution in [0.1, 0.15) is 16.8 Å². The zero-order chi connectivity index (χ0) is 15.6. The second-order valence-corrected chi connectivity index (χ2v) is 7.58. The van der Waals surface area contributed by atoms with Crippen LogP contribution in [0, 0.1) is 11.7 Å². The van der Waals surface area contributed by atoms with Gasteiger partial charge in [-0.05, 0) is 18.6 Å². The van der Waals surface area contributed by atoms with Gasteiger partial charge >= 0.3 is 0 Å². The molecule has 0 spiro atoms. The van der Waals surface area contributed by atoms with Gasteiger partial charge in [-0.2, -0.15) is 0 Å². The molecule has 1 unspecified atom stereocenters.